The molecule has 5 rings (SSSR count). The van der Waals surface area contributed by atoms with Crippen LogP contribution in [0, 0.1) is 6.92 Å². The fraction of sp³-hybridized carbons (Fsp3) is 0.364. The molecule has 144 valence electrons. The molecule has 3 aliphatic rings. The van der Waals surface area contributed by atoms with Gasteiger partial charge in [0.2, 0.25) is 5.91 Å². The number of amides is 2. The van der Waals surface area contributed by atoms with E-state index < -0.39 is 5.72 Å². The summed E-state index contributed by atoms with van der Waals surface area (Å²) in [5.41, 5.74) is 1.83. The van der Waals surface area contributed by atoms with Crippen LogP contribution in [0.5, 0.6) is 0 Å². The number of rotatable bonds is 2. The van der Waals surface area contributed by atoms with Gasteiger partial charge in [-0.25, -0.2) is 0 Å². The van der Waals surface area contributed by atoms with E-state index in [1.807, 2.05) is 53.1 Å². The summed E-state index contributed by atoms with van der Waals surface area (Å²) in [5.74, 6) is -0.00345. The number of benzene rings is 2. The van der Waals surface area contributed by atoms with Crippen LogP contribution in [0.1, 0.15) is 40.4 Å². The Morgan fingerprint density at radius 2 is 2.00 bits per heavy atom. The summed E-state index contributed by atoms with van der Waals surface area (Å²) in [7, 11) is 0. The van der Waals surface area contributed by atoms with E-state index >= 15 is 0 Å². The number of carbonyl (C=O) groups is 2. The Morgan fingerprint density at radius 3 is 2.75 bits per heavy atom. The van der Waals surface area contributed by atoms with E-state index in [9.17, 15) is 9.59 Å². The zero-order valence-corrected chi connectivity index (χ0v) is 16.4. The van der Waals surface area contributed by atoms with Crippen molar-refractivity contribution in [2.45, 2.75) is 37.6 Å². The molecule has 3 aliphatic heterocycles. The summed E-state index contributed by atoms with van der Waals surface area (Å²) in [5, 5.41) is 0.640. The zero-order chi connectivity index (χ0) is 19.5. The Hall–Kier alpha value is -2.37. The Balaban J connectivity index is 1.44. The van der Waals surface area contributed by atoms with Gasteiger partial charge in [0, 0.05) is 23.6 Å². The van der Waals surface area contributed by atoms with Gasteiger partial charge >= 0.3 is 0 Å². The van der Waals surface area contributed by atoms with Gasteiger partial charge in [-0.1, -0.05) is 41.9 Å². The second-order valence-corrected chi connectivity index (χ2v) is 8.21. The first-order valence-electron chi connectivity index (χ1n) is 9.60. The average Bonchev–Trinajstić information content (AvgIpc) is 3.33. The highest BCUT2D eigenvalue weighted by Gasteiger charge is 2.65. The second kappa shape index (κ2) is 6.33. The summed E-state index contributed by atoms with van der Waals surface area (Å²) < 4.78 is 6.50. The molecule has 5 nitrogen and oxygen atoms in total. The molecular formula is C22H21ClN2O3. The van der Waals surface area contributed by atoms with Crippen molar-refractivity contribution in [3.05, 3.63) is 70.2 Å². The van der Waals surface area contributed by atoms with Gasteiger partial charge in [-0.05, 0) is 36.2 Å². The largest absolute Gasteiger partial charge is 0.343 e. The van der Waals surface area contributed by atoms with Crippen molar-refractivity contribution in [2.24, 2.45) is 0 Å². The maximum Gasteiger partial charge on any atom is 0.254 e. The van der Waals surface area contributed by atoms with Crippen molar-refractivity contribution in [1.29, 1.82) is 0 Å². The fourth-order valence-corrected chi connectivity index (χ4v) is 4.97. The molecule has 6 heteroatoms. The molecule has 3 fully saturated rings. The van der Waals surface area contributed by atoms with Gasteiger partial charge in [-0.2, -0.15) is 0 Å². The van der Waals surface area contributed by atoms with E-state index in [4.69, 9.17) is 16.3 Å². The standard InChI is InChI=1S/C22H21ClN2O3/c1-14-11-16(7-8-17(14)23)21(27)24-10-9-22-19(24)12-20(26)25(22)13-18(28-22)15-5-3-2-4-6-15/h2-8,11,18-19H,9-10,12-13H2,1H3/t18-,19+,22-/m0/s1. The van der Waals surface area contributed by atoms with Crippen molar-refractivity contribution < 1.29 is 14.3 Å². The van der Waals surface area contributed by atoms with Crippen LogP contribution in [0.3, 0.4) is 0 Å². The first-order chi connectivity index (χ1) is 13.5. The smallest absolute Gasteiger partial charge is 0.254 e. The minimum atomic E-state index is -0.700. The van der Waals surface area contributed by atoms with E-state index in [1.165, 1.54) is 0 Å². The predicted molar refractivity (Wildman–Crippen MR) is 105 cm³/mol. The second-order valence-electron chi connectivity index (χ2n) is 7.80. The molecule has 3 atom stereocenters. The first kappa shape index (κ1) is 17.7. The number of carbonyl (C=O) groups excluding carboxylic acids is 2. The van der Waals surface area contributed by atoms with Gasteiger partial charge < -0.3 is 14.5 Å². The van der Waals surface area contributed by atoms with Crippen LogP contribution in [0.4, 0.5) is 0 Å². The normalized spacial score (nSPS) is 28.6. The lowest BCUT2D eigenvalue weighted by Gasteiger charge is -2.32. The minimum absolute atomic E-state index is 0.0632. The van der Waals surface area contributed by atoms with Gasteiger partial charge in [-0.15, -0.1) is 0 Å². The van der Waals surface area contributed by atoms with Gasteiger partial charge in [0.15, 0.2) is 5.72 Å². The third-order valence-corrected chi connectivity index (χ3v) is 6.69. The highest BCUT2D eigenvalue weighted by molar-refractivity contribution is 6.31. The summed E-state index contributed by atoms with van der Waals surface area (Å²) in [6.45, 7) is 3.01. The third-order valence-electron chi connectivity index (χ3n) is 6.27. The van der Waals surface area contributed by atoms with Crippen LogP contribution in [0.25, 0.3) is 0 Å². The van der Waals surface area contributed by atoms with E-state index in [-0.39, 0.29) is 24.0 Å². The topological polar surface area (TPSA) is 49.9 Å². The Bertz CT molecular complexity index is 964. The molecule has 0 N–H and O–H groups in total. The molecule has 28 heavy (non-hydrogen) atoms. The molecule has 3 saturated heterocycles. The number of hydrogen-bond donors (Lipinski definition) is 0. The van der Waals surface area contributed by atoms with E-state index in [0.29, 0.717) is 36.5 Å². The average molecular weight is 397 g/mol. The lowest BCUT2D eigenvalue weighted by molar-refractivity contribution is -0.138. The van der Waals surface area contributed by atoms with Crippen LogP contribution >= 0.6 is 11.6 Å². The molecular weight excluding hydrogens is 376 g/mol. The molecule has 0 unspecified atom stereocenters. The minimum Gasteiger partial charge on any atom is -0.343 e. The number of nitrogens with zero attached hydrogens (tertiary/aromatic N) is 2. The monoisotopic (exact) mass is 396 g/mol. The van der Waals surface area contributed by atoms with Crippen LogP contribution in [-0.4, -0.2) is 46.5 Å². The molecule has 0 bridgehead atoms. The Kier molecular flexibility index (Phi) is 4.00. The first-order valence-corrected chi connectivity index (χ1v) is 9.98. The van der Waals surface area contributed by atoms with E-state index in [2.05, 4.69) is 0 Å². The quantitative estimate of drug-likeness (QED) is 0.779. The van der Waals surface area contributed by atoms with Crippen LogP contribution in [0.15, 0.2) is 48.5 Å². The molecule has 1 spiro atoms. The van der Waals surface area contributed by atoms with Gasteiger partial charge in [0.1, 0.15) is 6.10 Å². The van der Waals surface area contributed by atoms with Crippen molar-refractivity contribution in [3.63, 3.8) is 0 Å². The summed E-state index contributed by atoms with van der Waals surface area (Å²) in [6.07, 6.45) is 0.811. The predicted octanol–water partition coefficient (Wildman–Crippen LogP) is 3.56. The number of halogens is 1. The van der Waals surface area contributed by atoms with Crippen LogP contribution in [-0.2, 0) is 9.53 Å². The number of likely N-dealkylation sites (tertiary alicyclic amines) is 1. The summed E-state index contributed by atoms with van der Waals surface area (Å²) in [4.78, 5) is 29.6. The third kappa shape index (κ3) is 2.50. The summed E-state index contributed by atoms with van der Waals surface area (Å²) >= 11 is 6.10. The molecule has 2 amide bonds. The number of aryl methyl sites for hydroxylation is 1. The van der Waals surface area contributed by atoms with Crippen molar-refractivity contribution in [2.75, 3.05) is 13.1 Å². The van der Waals surface area contributed by atoms with Crippen LogP contribution in [0.2, 0.25) is 5.02 Å². The molecule has 2 aromatic carbocycles. The lowest BCUT2D eigenvalue weighted by Crippen LogP contribution is -2.48. The van der Waals surface area contributed by atoms with E-state index in [0.717, 1.165) is 11.1 Å². The lowest BCUT2D eigenvalue weighted by atomic mass is 10.1. The van der Waals surface area contributed by atoms with Gasteiger partial charge in [0.25, 0.3) is 5.91 Å². The van der Waals surface area contributed by atoms with Crippen molar-refractivity contribution >= 4 is 23.4 Å². The maximum absolute atomic E-state index is 13.2. The highest BCUT2D eigenvalue weighted by Crippen LogP contribution is 2.50. The Morgan fingerprint density at radius 1 is 1.21 bits per heavy atom. The van der Waals surface area contributed by atoms with Gasteiger partial charge in [0.05, 0.1) is 19.0 Å². The molecule has 0 radical (unpaired) electrons. The SMILES string of the molecule is Cc1cc(C(=O)N2CC[C@@]34O[C@H](c5ccccc5)CN3C(=O)C[C@@H]24)ccc1Cl. The molecule has 2 aromatic rings. The maximum atomic E-state index is 13.2. The summed E-state index contributed by atoms with van der Waals surface area (Å²) in [6, 6.07) is 15.0. The van der Waals surface area contributed by atoms with Crippen molar-refractivity contribution in [3.8, 4) is 0 Å². The van der Waals surface area contributed by atoms with Crippen LogP contribution < -0.4 is 0 Å². The number of hydrogen-bond acceptors (Lipinski definition) is 3. The molecule has 0 aromatic heterocycles. The molecule has 0 aliphatic carbocycles. The fourth-order valence-electron chi connectivity index (χ4n) is 4.85. The highest BCUT2D eigenvalue weighted by atomic mass is 35.5. The molecule has 3 heterocycles. The Labute approximate surface area is 168 Å². The molecule has 0 saturated carbocycles. The van der Waals surface area contributed by atoms with Gasteiger partial charge in [-0.3, -0.25) is 9.59 Å². The zero-order valence-electron chi connectivity index (χ0n) is 15.6. The van der Waals surface area contributed by atoms with E-state index in [1.54, 1.807) is 12.1 Å². The van der Waals surface area contributed by atoms with Crippen molar-refractivity contribution in [1.82, 2.24) is 9.80 Å². The number of ether oxygens (including phenoxy) is 1.